The fourth-order valence-electron chi connectivity index (χ4n) is 2.01. The molecule has 1 aromatic heterocycles. The zero-order valence-electron chi connectivity index (χ0n) is 11.6. The molecule has 0 bridgehead atoms. The minimum atomic E-state index is -1.02. The summed E-state index contributed by atoms with van der Waals surface area (Å²) < 4.78 is 5.39. The molecule has 20 heavy (non-hydrogen) atoms. The van der Waals surface area contributed by atoms with Crippen LogP contribution in [0.25, 0.3) is 11.3 Å². The number of ether oxygens (including phenoxy) is 1. The van der Waals surface area contributed by atoms with Crippen molar-refractivity contribution in [3.8, 4) is 17.0 Å². The zero-order chi connectivity index (χ0) is 14.7. The highest BCUT2D eigenvalue weighted by atomic mass is 32.2. The Balaban J connectivity index is 2.56. The number of hydrogen-bond donors (Lipinski definition) is 2. The van der Waals surface area contributed by atoms with Gasteiger partial charge in [0.05, 0.1) is 12.8 Å². The van der Waals surface area contributed by atoms with Crippen molar-refractivity contribution in [3.05, 3.63) is 29.5 Å². The maximum Gasteiger partial charge on any atom is 0.353 e. The van der Waals surface area contributed by atoms with E-state index in [1.54, 1.807) is 18.9 Å². The van der Waals surface area contributed by atoms with E-state index in [0.29, 0.717) is 5.69 Å². The first-order valence-corrected chi connectivity index (χ1v) is 7.37. The van der Waals surface area contributed by atoms with E-state index in [1.165, 1.54) is 6.07 Å². The van der Waals surface area contributed by atoms with Crippen molar-refractivity contribution >= 4 is 17.7 Å². The number of carboxylic acids is 1. The Labute approximate surface area is 121 Å². The van der Waals surface area contributed by atoms with Crippen molar-refractivity contribution < 1.29 is 14.6 Å². The van der Waals surface area contributed by atoms with Gasteiger partial charge in [0.15, 0.2) is 0 Å². The highest BCUT2D eigenvalue weighted by Gasteiger charge is 2.15. The molecular weight excluding hydrogens is 276 g/mol. The molecule has 6 heteroatoms. The molecule has 2 rings (SSSR count). The van der Waals surface area contributed by atoms with Crippen LogP contribution in [0.4, 0.5) is 0 Å². The number of carbonyl (C=O) groups is 1. The van der Waals surface area contributed by atoms with E-state index in [1.807, 2.05) is 12.3 Å². The smallest absolute Gasteiger partial charge is 0.353 e. The predicted molar refractivity (Wildman–Crippen MR) is 78.7 cm³/mol. The molecule has 5 nitrogen and oxygen atoms in total. The summed E-state index contributed by atoms with van der Waals surface area (Å²) in [6.45, 7) is 2.07. The van der Waals surface area contributed by atoms with Crippen LogP contribution < -0.4 is 4.74 Å². The molecular formula is C14H16N2O3S. The largest absolute Gasteiger partial charge is 0.496 e. The summed E-state index contributed by atoms with van der Waals surface area (Å²) in [6.07, 6.45) is 2.85. The number of aromatic carboxylic acids is 1. The quantitative estimate of drug-likeness (QED) is 0.828. The third-order valence-electron chi connectivity index (χ3n) is 3.07. The number of benzene rings is 1. The molecule has 0 radical (unpaired) electrons. The molecule has 106 valence electrons. The summed E-state index contributed by atoms with van der Waals surface area (Å²) >= 11 is 1.60. The van der Waals surface area contributed by atoms with Gasteiger partial charge in [-0.1, -0.05) is 6.92 Å². The van der Waals surface area contributed by atoms with Gasteiger partial charge < -0.3 is 9.84 Å². The highest BCUT2D eigenvalue weighted by molar-refractivity contribution is 7.98. The number of nitrogens with one attached hydrogen (secondary N) is 1. The summed E-state index contributed by atoms with van der Waals surface area (Å²) in [7, 11) is 1.63. The summed E-state index contributed by atoms with van der Waals surface area (Å²) in [4.78, 5) is 12.0. The van der Waals surface area contributed by atoms with Crippen LogP contribution in [0.3, 0.4) is 0 Å². The standard InChI is InChI=1S/C14H16N2O3S/c1-4-8-5-13(20-3)9(6-12(8)19-2)10-7-11(14(17)18)16-15-10/h5-7H,4H2,1-3H3,(H,15,16)(H,17,18). The molecule has 0 amide bonds. The van der Waals surface area contributed by atoms with Gasteiger partial charge in [-0.25, -0.2) is 4.79 Å². The van der Waals surface area contributed by atoms with Gasteiger partial charge in [-0.05, 0) is 36.4 Å². The molecule has 0 atom stereocenters. The Hall–Kier alpha value is -1.95. The van der Waals surface area contributed by atoms with Crippen LogP contribution in [0.15, 0.2) is 23.1 Å². The summed E-state index contributed by atoms with van der Waals surface area (Å²) in [6, 6.07) is 5.50. The Morgan fingerprint density at radius 1 is 1.45 bits per heavy atom. The molecule has 0 aliphatic rings. The van der Waals surface area contributed by atoms with Gasteiger partial charge in [0.25, 0.3) is 0 Å². The number of rotatable bonds is 5. The van der Waals surface area contributed by atoms with E-state index in [0.717, 1.165) is 28.2 Å². The van der Waals surface area contributed by atoms with Crippen LogP contribution >= 0.6 is 11.8 Å². The molecule has 0 spiro atoms. The van der Waals surface area contributed by atoms with Gasteiger partial charge >= 0.3 is 5.97 Å². The van der Waals surface area contributed by atoms with Gasteiger partial charge in [-0.3, -0.25) is 5.10 Å². The number of methoxy groups -OCH3 is 1. The van der Waals surface area contributed by atoms with Gasteiger partial charge in [0, 0.05) is 10.5 Å². The van der Waals surface area contributed by atoms with E-state index in [2.05, 4.69) is 23.2 Å². The number of nitrogens with zero attached hydrogens (tertiary/aromatic N) is 1. The normalized spacial score (nSPS) is 10.6. The van der Waals surface area contributed by atoms with Gasteiger partial charge in [0.2, 0.25) is 0 Å². The SMILES string of the molecule is CCc1cc(SC)c(-c2cc(C(=O)O)[nH]n2)cc1OC. The number of hydrogen-bond acceptors (Lipinski definition) is 4. The first-order chi connectivity index (χ1) is 9.60. The fourth-order valence-corrected chi connectivity index (χ4v) is 2.65. The second kappa shape index (κ2) is 6.00. The minimum absolute atomic E-state index is 0.0746. The van der Waals surface area contributed by atoms with Crippen LogP contribution in [-0.2, 0) is 6.42 Å². The summed E-state index contributed by atoms with van der Waals surface area (Å²) in [5, 5.41) is 15.5. The van der Waals surface area contributed by atoms with Gasteiger partial charge in [0.1, 0.15) is 11.4 Å². The zero-order valence-corrected chi connectivity index (χ0v) is 12.4. The maximum atomic E-state index is 10.9. The molecule has 0 fully saturated rings. The van der Waals surface area contributed by atoms with Crippen LogP contribution in [0, 0.1) is 0 Å². The predicted octanol–water partition coefficient (Wildman–Crippen LogP) is 3.07. The lowest BCUT2D eigenvalue weighted by Crippen LogP contribution is -1.95. The summed E-state index contributed by atoms with van der Waals surface area (Å²) in [5.41, 5.74) is 2.67. The number of carboxylic acid groups (broad SMARTS) is 1. The number of aryl methyl sites for hydroxylation is 1. The van der Waals surface area contributed by atoms with E-state index >= 15 is 0 Å². The fraction of sp³-hybridized carbons (Fsp3) is 0.286. The van der Waals surface area contributed by atoms with Crippen molar-refractivity contribution in [2.75, 3.05) is 13.4 Å². The molecule has 0 aliphatic heterocycles. The lowest BCUT2D eigenvalue weighted by atomic mass is 10.1. The van der Waals surface area contributed by atoms with Crippen LogP contribution in [0.2, 0.25) is 0 Å². The molecule has 2 aromatic rings. The van der Waals surface area contributed by atoms with Crippen molar-refractivity contribution in [2.45, 2.75) is 18.2 Å². The van der Waals surface area contributed by atoms with E-state index in [9.17, 15) is 4.79 Å². The second-order valence-electron chi connectivity index (χ2n) is 4.19. The number of aromatic amines is 1. The lowest BCUT2D eigenvalue weighted by molar-refractivity contribution is 0.0690. The Bertz CT molecular complexity index is 637. The summed E-state index contributed by atoms with van der Waals surface area (Å²) in [5.74, 6) is -0.230. The van der Waals surface area contributed by atoms with Gasteiger partial charge in [-0.2, -0.15) is 5.10 Å². The molecule has 1 heterocycles. The molecule has 0 aliphatic carbocycles. The van der Waals surface area contributed by atoms with Crippen molar-refractivity contribution in [1.82, 2.24) is 10.2 Å². The number of aromatic nitrogens is 2. The van der Waals surface area contributed by atoms with Crippen LogP contribution in [-0.4, -0.2) is 34.6 Å². The number of thioether (sulfide) groups is 1. The molecule has 2 N–H and O–H groups in total. The van der Waals surface area contributed by atoms with Crippen molar-refractivity contribution in [1.29, 1.82) is 0 Å². The average molecular weight is 292 g/mol. The van der Waals surface area contributed by atoms with Gasteiger partial charge in [-0.15, -0.1) is 11.8 Å². The Kier molecular flexibility index (Phi) is 4.34. The van der Waals surface area contributed by atoms with Crippen LogP contribution in [0.5, 0.6) is 5.75 Å². The van der Waals surface area contributed by atoms with E-state index in [4.69, 9.17) is 9.84 Å². The molecule has 0 saturated carbocycles. The monoisotopic (exact) mass is 292 g/mol. The number of H-pyrrole nitrogens is 1. The third kappa shape index (κ3) is 2.65. The molecule has 1 aromatic carbocycles. The maximum absolute atomic E-state index is 10.9. The first kappa shape index (κ1) is 14.5. The Morgan fingerprint density at radius 2 is 2.20 bits per heavy atom. The van der Waals surface area contributed by atoms with Crippen molar-refractivity contribution in [3.63, 3.8) is 0 Å². The third-order valence-corrected chi connectivity index (χ3v) is 3.85. The lowest BCUT2D eigenvalue weighted by Gasteiger charge is -2.12. The first-order valence-electron chi connectivity index (χ1n) is 6.14. The second-order valence-corrected chi connectivity index (χ2v) is 5.04. The van der Waals surface area contributed by atoms with Crippen LogP contribution in [0.1, 0.15) is 23.0 Å². The average Bonchev–Trinajstić information content (AvgIpc) is 2.95. The van der Waals surface area contributed by atoms with Crippen molar-refractivity contribution in [2.24, 2.45) is 0 Å². The van der Waals surface area contributed by atoms with E-state index in [-0.39, 0.29) is 5.69 Å². The topological polar surface area (TPSA) is 75.2 Å². The minimum Gasteiger partial charge on any atom is -0.496 e. The highest BCUT2D eigenvalue weighted by Crippen LogP contribution is 2.35. The Morgan fingerprint density at radius 3 is 2.70 bits per heavy atom. The molecule has 0 unspecified atom stereocenters. The van der Waals surface area contributed by atoms with E-state index < -0.39 is 5.97 Å². The molecule has 0 saturated heterocycles.